The maximum atomic E-state index is 5.18. The Balaban J connectivity index is 0.00000242. The van der Waals surface area contributed by atoms with E-state index < -0.39 is 0 Å². The Morgan fingerprint density at radius 2 is 2.36 bits per heavy atom. The number of thiophene rings is 1. The van der Waals surface area contributed by atoms with Crippen molar-refractivity contribution in [3.63, 3.8) is 0 Å². The van der Waals surface area contributed by atoms with Crippen LogP contribution in [0.3, 0.4) is 0 Å². The number of hydrogen-bond donors (Lipinski definition) is 2. The highest BCUT2D eigenvalue weighted by Crippen LogP contribution is 2.15. The number of aliphatic imine (C=N–C) groups is 1. The first kappa shape index (κ1) is 19.7. The van der Waals surface area contributed by atoms with E-state index in [1.54, 1.807) is 18.4 Å². The van der Waals surface area contributed by atoms with Crippen LogP contribution in [-0.4, -0.2) is 57.3 Å². The van der Waals surface area contributed by atoms with E-state index in [-0.39, 0.29) is 24.0 Å². The predicted molar refractivity (Wildman–Crippen MR) is 104 cm³/mol. The van der Waals surface area contributed by atoms with Crippen LogP contribution in [0.1, 0.15) is 18.4 Å². The summed E-state index contributed by atoms with van der Waals surface area (Å²) in [5.74, 6) is 0.875. The van der Waals surface area contributed by atoms with Crippen LogP contribution in [0.15, 0.2) is 21.8 Å². The maximum Gasteiger partial charge on any atom is 0.191 e. The fourth-order valence-corrected chi connectivity index (χ4v) is 3.31. The Kier molecular flexibility index (Phi) is 10.0. The third kappa shape index (κ3) is 6.39. The van der Waals surface area contributed by atoms with Crippen LogP contribution in [0.5, 0.6) is 0 Å². The molecular formula is C15H27IN4OS. The molecule has 1 aliphatic rings. The van der Waals surface area contributed by atoms with E-state index in [4.69, 9.17) is 4.74 Å². The van der Waals surface area contributed by atoms with Gasteiger partial charge in [-0.3, -0.25) is 9.89 Å². The fraction of sp³-hybridized carbons (Fsp3) is 0.667. The van der Waals surface area contributed by atoms with Crippen molar-refractivity contribution in [2.24, 2.45) is 4.99 Å². The third-order valence-electron chi connectivity index (χ3n) is 3.85. The van der Waals surface area contributed by atoms with E-state index in [0.717, 1.165) is 32.2 Å². The molecule has 1 saturated heterocycles. The molecule has 1 aromatic heterocycles. The van der Waals surface area contributed by atoms with E-state index in [0.29, 0.717) is 6.04 Å². The van der Waals surface area contributed by atoms with Gasteiger partial charge in [0.2, 0.25) is 0 Å². The SMILES string of the molecule is CN=C(NCc1ccsc1)NCC1CCCN1CCOC.I. The lowest BCUT2D eigenvalue weighted by Gasteiger charge is -2.25. The van der Waals surface area contributed by atoms with Crippen molar-refractivity contribution in [1.82, 2.24) is 15.5 Å². The first-order valence-electron chi connectivity index (χ1n) is 7.52. The van der Waals surface area contributed by atoms with Crippen LogP contribution in [-0.2, 0) is 11.3 Å². The van der Waals surface area contributed by atoms with Crippen LogP contribution in [0.2, 0.25) is 0 Å². The predicted octanol–water partition coefficient (Wildman–Crippen LogP) is 2.14. The summed E-state index contributed by atoms with van der Waals surface area (Å²) in [4.78, 5) is 6.79. The molecule has 1 unspecified atom stereocenters. The van der Waals surface area contributed by atoms with Crippen molar-refractivity contribution in [3.05, 3.63) is 22.4 Å². The van der Waals surface area contributed by atoms with Crippen LogP contribution < -0.4 is 10.6 Å². The number of nitrogens with zero attached hydrogens (tertiary/aromatic N) is 2. The Labute approximate surface area is 154 Å². The largest absolute Gasteiger partial charge is 0.383 e. The summed E-state index contributed by atoms with van der Waals surface area (Å²) in [6.45, 7) is 4.76. The Bertz CT molecular complexity index is 427. The van der Waals surface area contributed by atoms with Crippen molar-refractivity contribution in [3.8, 4) is 0 Å². The second-order valence-corrected chi connectivity index (χ2v) is 6.04. The first-order chi connectivity index (χ1) is 10.3. The zero-order valence-corrected chi connectivity index (χ0v) is 16.5. The molecule has 2 rings (SSSR count). The molecule has 5 nitrogen and oxygen atoms in total. The molecule has 2 heterocycles. The van der Waals surface area contributed by atoms with Gasteiger partial charge in [-0.15, -0.1) is 24.0 Å². The standard InChI is InChI=1S/C15H26N4OS.HI/c1-16-15(17-10-13-5-9-21-12-13)18-11-14-4-3-6-19(14)7-8-20-2;/h5,9,12,14H,3-4,6-8,10-11H2,1-2H3,(H2,16,17,18);1H. The normalized spacial score (nSPS) is 19.0. The van der Waals surface area contributed by atoms with E-state index in [1.807, 2.05) is 7.05 Å². The number of nitrogens with one attached hydrogen (secondary N) is 2. The summed E-state index contributed by atoms with van der Waals surface area (Å²) in [6.07, 6.45) is 2.52. The smallest absolute Gasteiger partial charge is 0.191 e. The summed E-state index contributed by atoms with van der Waals surface area (Å²) in [5, 5.41) is 11.0. The molecule has 0 bridgehead atoms. The molecular weight excluding hydrogens is 411 g/mol. The molecule has 1 aromatic rings. The summed E-state index contributed by atoms with van der Waals surface area (Å²) >= 11 is 1.72. The number of rotatable bonds is 7. The Hall–Kier alpha value is -0.380. The van der Waals surface area contributed by atoms with Crippen molar-refractivity contribution < 1.29 is 4.74 Å². The molecule has 1 aliphatic heterocycles. The molecule has 0 aromatic carbocycles. The van der Waals surface area contributed by atoms with Gasteiger partial charge in [-0.25, -0.2) is 0 Å². The van der Waals surface area contributed by atoms with Crippen LogP contribution >= 0.6 is 35.3 Å². The van der Waals surface area contributed by atoms with E-state index in [9.17, 15) is 0 Å². The van der Waals surface area contributed by atoms with Crippen molar-refractivity contribution >= 4 is 41.3 Å². The average molecular weight is 438 g/mol. The summed E-state index contributed by atoms with van der Waals surface area (Å²) in [5.41, 5.74) is 1.30. The zero-order chi connectivity index (χ0) is 14.9. The average Bonchev–Trinajstić information content (AvgIpc) is 3.16. The van der Waals surface area contributed by atoms with Crippen LogP contribution in [0, 0.1) is 0 Å². The van der Waals surface area contributed by atoms with Gasteiger partial charge >= 0.3 is 0 Å². The minimum absolute atomic E-state index is 0. The number of halogens is 1. The number of hydrogen-bond acceptors (Lipinski definition) is 4. The lowest BCUT2D eigenvalue weighted by atomic mass is 10.2. The molecule has 0 radical (unpaired) electrons. The van der Waals surface area contributed by atoms with Crippen molar-refractivity contribution in [2.75, 3.05) is 40.4 Å². The van der Waals surface area contributed by atoms with Gasteiger partial charge in [0, 0.05) is 39.8 Å². The molecule has 0 aliphatic carbocycles. The van der Waals surface area contributed by atoms with Gasteiger partial charge in [-0.2, -0.15) is 11.3 Å². The van der Waals surface area contributed by atoms with Gasteiger partial charge in [-0.1, -0.05) is 0 Å². The number of likely N-dealkylation sites (tertiary alicyclic amines) is 1. The third-order valence-corrected chi connectivity index (χ3v) is 4.58. The zero-order valence-electron chi connectivity index (χ0n) is 13.4. The van der Waals surface area contributed by atoms with E-state index in [2.05, 4.69) is 37.4 Å². The monoisotopic (exact) mass is 438 g/mol. The van der Waals surface area contributed by atoms with Crippen LogP contribution in [0.25, 0.3) is 0 Å². The highest BCUT2D eigenvalue weighted by Gasteiger charge is 2.23. The lowest BCUT2D eigenvalue weighted by molar-refractivity contribution is 0.141. The van der Waals surface area contributed by atoms with Crippen molar-refractivity contribution in [2.45, 2.75) is 25.4 Å². The molecule has 0 saturated carbocycles. The molecule has 126 valence electrons. The molecule has 2 N–H and O–H groups in total. The summed E-state index contributed by atoms with van der Waals surface area (Å²) in [7, 11) is 3.58. The fourth-order valence-electron chi connectivity index (χ4n) is 2.64. The molecule has 22 heavy (non-hydrogen) atoms. The highest BCUT2D eigenvalue weighted by molar-refractivity contribution is 14.0. The van der Waals surface area contributed by atoms with E-state index in [1.165, 1.54) is 24.9 Å². The quantitative estimate of drug-likeness (QED) is 0.389. The molecule has 7 heteroatoms. The second-order valence-electron chi connectivity index (χ2n) is 5.26. The number of ether oxygens (including phenoxy) is 1. The topological polar surface area (TPSA) is 48.9 Å². The van der Waals surface area contributed by atoms with Gasteiger partial charge in [-0.05, 0) is 41.8 Å². The van der Waals surface area contributed by atoms with Crippen molar-refractivity contribution in [1.29, 1.82) is 0 Å². The van der Waals surface area contributed by atoms with Gasteiger partial charge in [0.1, 0.15) is 0 Å². The number of methoxy groups -OCH3 is 1. The molecule has 1 fully saturated rings. The first-order valence-corrected chi connectivity index (χ1v) is 8.46. The molecule has 1 atom stereocenters. The van der Waals surface area contributed by atoms with Gasteiger partial charge in [0.15, 0.2) is 5.96 Å². The number of guanidine groups is 1. The van der Waals surface area contributed by atoms with Crippen LogP contribution in [0.4, 0.5) is 0 Å². The lowest BCUT2D eigenvalue weighted by Crippen LogP contribution is -2.45. The highest BCUT2D eigenvalue weighted by atomic mass is 127. The summed E-state index contributed by atoms with van der Waals surface area (Å²) < 4.78 is 5.18. The van der Waals surface area contributed by atoms with Gasteiger partial charge in [0.05, 0.1) is 6.61 Å². The van der Waals surface area contributed by atoms with E-state index >= 15 is 0 Å². The minimum Gasteiger partial charge on any atom is -0.383 e. The molecule has 0 spiro atoms. The molecule has 0 amide bonds. The second kappa shape index (κ2) is 11.2. The maximum absolute atomic E-state index is 5.18. The minimum atomic E-state index is 0. The summed E-state index contributed by atoms with van der Waals surface area (Å²) in [6, 6.07) is 2.72. The Morgan fingerprint density at radius 1 is 1.50 bits per heavy atom. The van der Waals surface area contributed by atoms with Gasteiger partial charge in [0.25, 0.3) is 0 Å². The van der Waals surface area contributed by atoms with Gasteiger partial charge < -0.3 is 15.4 Å². The Morgan fingerprint density at radius 3 is 3.05 bits per heavy atom.